The van der Waals surface area contributed by atoms with Gasteiger partial charge in [-0.2, -0.15) is 8.42 Å². The van der Waals surface area contributed by atoms with Gasteiger partial charge >= 0.3 is 5.97 Å². The van der Waals surface area contributed by atoms with E-state index in [0.717, 1.165) is 0 Å². The van der Waals surface area contributed by atoms with Gasteiger partial charge in [0.2, 0.25) is 5.96 Å². The molecule has 0 radical (unpaired) electrons. The van der Waals surface area contributed by atoms with Gasteiger partial charge in [0.15, 0.2) is 0 Å². The maximum absolute atomic E-state index is 12.1. The van der Waals surface area contributed by atoms with Crippen molar-refractivity contribution in [1.29, 1.82) is 0 Å². The van der Waals surface area contributed by atoms with Gasteiger partial charge in [0, 0.05) is 11.4 Å². The van der Waals surface area contributed by atoms with E-state index < -0.39 is 16.0 Å². The smallest absolute Gasteiger partial charge is 0.335 e. The number of carbonyl (C=O) groups is 1. The van der Waals surface area contributed by atoms with E-state index >= 15 is 0 Å². The van der Waals surface area contributed by atoms with Crippen molar-refractivity contribution in [2.45, 2.75) is 4.90 Å². The number of aromatic carboxylic acids is 1. The van der Waals surface area contributed by atoms with Crippen LogP contribution in [-0.4, -0.2) is 25.5 Å². The van der Waals surface area contributed by atoms with Gasteiger partial charge in [0.1, 0.15) is 0 Å². The average Bonchev–Trinajstić information content (AvgIpc) is 2.47. The lowest BCUT2D eigenvalue weighted by molar-refractivity contribution is 0.0697. The number of nitrogen functional groups attached to an aromatic ring is 1. The number of nitrogens with two attached hydrogens (primary N) is 2. The molecule has 9 heteroatoms. The number of hydrogen-bond acceptors (Lipinski definition) is 4. The molecule has 2 aromatic rings. The van der Waals surface area contributed by atoms with E-state index in [2.05, 4.69) is 9.71 Å². The zero-order valence-electron chi connectivity index (χ0n) is 11.8. The highest BCUT2D eigenvalue weighted by atomic mass is 32.2. The third-order valence-electron chi connectivity index (χ3n) is 2.80. The lowest BCUT2D eigenvalue weighted by atomic mass is 10.2. The van der Waals surface area contributed by atoms with Crippen LogP contribution in [0.3, 0.4) is 0 Å². The summed E-state index contributed by atoms with van der Waals surface area (Å²) >= 11 is 0. The molecule has 8 nitrogen and oxygen atoms in total. The van der Waals surface area contributed by atoms with Gasteiger partial charge in [-0.1, -0.05) is 0 Å². The zero-order valence-corrected chi connectivity index (χ0v) is 12.6. The van der Waals surface area contributed by atoms with Crippen LogP contribution in [0.15, 0.2) is 57.8 Å². The minimum Gasteiger partial charge on any atom is -0.478 e. The number of sulfonamides is 1. The minimum atomic E-state index is -3.97. The van der Waals surface area contributed by atoms with Crippen LogP contribution in [0.5, 0.6) is 0 Å². The molecule has 0 amide bonds. The maximum atomic E-state index is 12.1. The van der Waals surface area contributed by atoms with Gasteiger partial charge in [-0.3, -0.25) is 0 Å². The van der Waals surface area contributed by atoms with Crippen molar-refractivity contribution in [2.24, 2.45) is 10.1 Å². The molecule has 0 saturated carbocycles. The second-order valence-electron chi connectivity index (χ2n) is 4.53. The Bertz CT molecular complexity index is 843. The summed E-state index contributed by atoms with van der Waals surface area (Å²) in [5.74, 6) is -1.41. The fourth-order valence-electron chi connectivity index (χ4n) is 1.69. The number of anilines is 2. The molecule has 120 valence electrons. The fourth-order valence-corrected chi connectivity index (χ4v) is 2.58. The van der Waals surface area contributed by atoms with Crippen LogP contribution in [0.2, 0.25) is 0 Å². The Morgan fingerprint density at radius 3 is 2.13 bits per heavy atom. The summed E-state index contributed by atoms with van der Waals surface area (Å²) in [4.78, 5) is 10.7. The molecule has 0 atom stereocenters. The van der Waals surface area contributed by atoms with Gasteiger partial charge < -0.3 is 21.9 Å². The molecule has 23 heavy (non-hydrogen) atoms. The van der Waals surface area contributed by atoms with Crippen LogP contribution in [0.1, 0.15) is 10.4 Å². The first kappa shape index (κ1) is 16.3. The van der Waals surface area contributed by atoms with Gasteiger partial charge in [0.05, 0.1) is 10.5 Å². The molecule has 0 bridgehead atoms. The van der Waals surface area contributed by atoms with Crippen molar-refractivity contribution < 1.29 is 18.3 Å². The Labute approximate surface area is 132 Å². The number of benzene rings is 2. The maximum Gasteiger partial charge on any atom is 0.335 e. The van der Waals surface area contributed by atoms with E-state index in [4.69, 9.17) is 16.6 Å². The molecule has 2 rings (SSSR count). The SMILES string of the molecule is N/C(=N\S(=O)(=O)c1ccc(N)cc1)Nc1ccc(C(=O)O)cc1. The second kappa shape index (κ2) is 6.36. The zero-order chi connectivity index (χ0) is 17.0. The molecule has 0 heterocycles. The summed E-state index contributed by atoms with van der Waals surface area (Å²) < 4.78 is 27.6. The Morgan fingerprint density at radius 2 is 1.61 bits per heavy atom. The first-order valence-corrected chi connectivity index (χ1v) is 7.78. The molecular formula is C14H14N4O4S. The first-order chi connectivity index (χ1) is 10.8. The summed E-state index contributed by atoms with van der Waals surface area (Å²) in [7, 11) is -3.97. The molecule has 0 aliphatic heterocycles. The van der Waals surface area contributed by atoms with Crippen LogP contribution >= 0.6 is 0 Å². The Balaban J connectivity index is 2.18. The Hall–Kier alpha value is -3.07. The lowest BCUT2D eigenvalue weighted by Gasteiger charge is -2.06. The molecular weight excluding hydrogens is 320 g/mol. The lowest BCUT2D eigenvalue weighted by Crippen LogP contribution is -2.24. The van der Waals surface area contributed by atoms with Crippen LogP contribution in [-0.2, 0) is 10.0 Å². The second-order valence-corrected chi connectivity index (χ2v) is 6.13. The van der Waals surface area contributed by atoms with Gasteiger partial charge in [0.25, 0.3) is 10.0 Å². The summed E-state index contributed by atoms with van der Waals surface area (Å²) in [6.07, 6.45) is 0. The predicted molar refractivity (Wildman–Crippen MR) is 86.7 cm³/mol. The van der Waals surface area contributed by atoms with E-state index in [1.54, 1.807) is 0 Å². The third-order valence-corrected chi connectivity index (χ3v) is 4.11. The highest BCUT2D eigenvalue weighted by molar-refractivity contribution is 7.90. The molecule has 0 spiro atoms. The monoisotopic (exact) mass is 334 g/mol. The molecule has 0 unspecified atom stereocenters. The minimum absolute atomic E-state index is 0.0438. The summed E-state index contributed by atoms with van der Waals surface area (Å²) in [6, 6.07) is 11.1. The fraction of sp³-hybridized carbons (Fsp3) is 0. The third kappa shape index (κ3) is 4.20. The van der Waals surface area contributed by atoms with Gasteiger partial charge in [-0.05, 0) is 48.5 Å². The normalized spacial score (nSPS) is 11.9. The average molecular weight is 334 g/mol. The van der Waals surface area contributed by atoms with Crippen LogP contribution in [0.4, 0.5) is 11.4 Å². The quantitative estimate of drug-likeness (QED) is 0.371. The Kier molecular flexibility index (Phi) is 4.51. The van der Waals surface area contributed by atoms with Crippen molar-refractivity contribution >= 4 is 33.3 Å². The first-order valence-electron chi connectivity index (χ1n) is 6.34. The summed E-state index contributed by atoms with van der Waals surface area (Å²) in [5.41, 5.74) is 12.0. The predicted octanol–water partition coefficient (Wildman–Crippen LogP) is 1.08. The highest BCUT2D eigenvalue weighted by Gasteiger charge is 2.13. The number of nitrogens with one attached hydrogen (secondary N) is 1. The Morgan fingerprint density at radius 1 is 1.04 bits per heavy atom. The van der Waals surface area contributed by atoms with E-state index in [1.807, 2.05) is 0 Å². The van der Waals surface area contributed by atoms with E-state index in [0.29, 0.717) is 11.4 Å². The molecule has 0 saturated heterocycles. The number of carboxylic acid groups (broad SMARTS) is 1. The largest absolute Gasteiger partial charge is 0.478 e. The number of guanidine groups is 1. The number of hydrogen-bond donors (Lipinski definition) is 4. The summed E-state index contributed by atoms with van der Waals surface area (Å²) in [5, 5.41) is 11.4. The molecule has 0 aliphatic carbocycles. The molecule has 0 aliphatic rings. The number of rotatable bonds is 4. The van der Waals surface area contributed by atoms with E-state index in [-0.39, 0.29) is 16.4 Å². The molecule has 0 fully saturated rings. The van der Waals surface area contributed by atoms with Crippen molar-refractivity contribution in [2.75, 3.05) is 11.1 Å². The van der Waals surface area contributed by atoms with Crippen molar-refractivity contribution in [3.8, 4) is 0 Å². The number of nitrogens with zero attached hydrogens (tertiary/aromatic N) is 1. The highest BCUT2D eigenvalue weighted by Crippen LogP contribution is 2.15. The molecule has 6 N–H and O–H groups in total. The van der Waals surface area contributed by atoms with Gasteiger partial charge in [-0.25, -0.2) is 4.79 Å². The topological polar surface area (TPSA) is 148 Å². The van der Waals surface area contributed by atoms with E-state index in [1.165, 1.54) is 48.5 Å². The standard InChI is InChI=1S/C14H14N4O4S/c15-10-3-7-12(8-4-10)23(21,22)18-14(16)17-11-5-1-9(2-6-11)13(19)20/h1-8H,15H2,(H,19,20)(H3,16,17,18). The van der Waals surface area contributed by atoms with Crippen LogP contribution in [0.25, 0.3) is 0 Å². The van der Waals surface area contributed by atoms with Crippen molar-refractivity contribution in [3.63, 3.8) is 0 Å². The van der Waals surface area contributed by atoms with Crippen molar-refractivity contribution in [1.82, 2.24) is 0 Å². The van der Waals surface area contributed by atoms with Crippen LogP contribution in [0, 0.1) is 0 Å². The number of carboxylic acids is 1. The van der Waals surface area contributed by atoms with Crippen LogP contribution < -0.4 is 16.8 Å². The van der Waals surface area contributed by atoms with Gasteiger partial charge in [-0.15, -0.1) is 4.40 Å². The van der Waals surface area contributed by atoms with Crippen molar-refractivity contribution in [3.05, 3.63) is 54.1 Å². The molecule has 2 aromatic carbocycles. The van der Waals surface area contributed by atoms with E-state index in [9.17, 15) is 13.2 Å². The molecule has 0 aromatic heterocycles. The summed E-state index contributed by atoms with van der Waals surface area (Å²) in [6.45, 7) is 0.